The smallest absolute Gasteiger partial charge is 0.247 e. The topological polar surface area (TPSA) is 50.4 Å². The van der Waals surface area contributed by atoms with Crippen LogP contribution in [0.5, 0.6) is 5.75 Å². The second-order valence-electron chi connectivity index (χ2n) is 4.20. The first-order valence-electron chi connectivity index (χ1n) is 6.07. The van der Waals surface area contributed by atoms with Crippen LogP contribution in [0.2, 0.25) is 0 Å². The van der Waals surface area contributed by atoms with Crippen molar-refractivity contribution in [2.24, 2.45) is 0 Å². The third-order valence-electron chi connectivity index (χ3n) is 2.70. The molecule has 1 heterocycles. The zero-order valence-corrected chi connectivity index (χ0v) is 11.5. The number of carbonyl (C=O) groups is 1. The van der Waals surface area contributed by atoms with Crippen LogP contribution < -0.4 is 15.4 Å². The fourth-order valence-corrected chi connectivity index (χ4v) is 2.39. The van der Waals surface area contributed by atoms with E-state index in [2.05, 4.69) is 17.6 Å². The minimum Gasteiger partial charge on any atom is -0.494 e. The van der Waals surface area contributed by atoms with E-state index in [-0.39, 0.29) is 11.9 Å². The molecule has 98 valence electrons. The number of ether oxygens (including phenoxy) is 1. The molecule has 0 spiro atoms. The number of benzene rings is 1. The molecule has 2 rings (SSSR count). The Kier molecular flexibility index (Phi) is 4.36. The van der Waals surface area contributed by atoms with Gasteiger partial charge in [0.1, 0.15) is 11.8 Å². The highest BCUT2D eigenvalue weighted by atomic mass is 32.2. The monoisotopic (exact) mass is 266 g/mol. The largest absolute Gasteiger partial charge is 0.494 e. The van der Waals surface area contributed by atoms with Crippen LogP contribution in [0, 0.1) is 0 Å². The molecule has 0 fully saturated rings. The van der Waals surface area contributed by atoms with Gasteiger partial charge in [-0.15, -0.1) is 0 Å². The number of hydrogen-bond acceptors (Lipinski definition) is 4. The number of carbonyl (C=O) groups excluding carboxylic acids is 1. The molecule has 0 radical (unpaired) electrons. The number of thioether (sulfide) groups is 1. The lowest BCUT2D eigenvalue weighted by atomic mass is 10.1. The number of hydrogen-bond donors (Lipinski definition) is 2. The Labute approximate surface area is 111 Å². The summed E-state index contributed by atoms with van der Waals surface area (Å²) in [4.78, 5) is 11.8. The maximum atomic E-state index is 11.8. The fourth-order valence-electron chi connectivity index (χ4n) is 1.82. The van der Waals surface area contributed by atoms with E-state index in [1.807, 2.05) is 24.5 Å². The van der Waals surface area contributed by atoms with E-state index in [1.165, 1.54) is 0 Å². The molecule has 0 unspecified atom stereocenters. The summed E-state index contributed by atoms with van der Waals surface area (Å²) < 4.78 is 5.59. The summed E-state index contributed by atoms with van der Waals surface area (Å²) in [5.74, 6) is 1.62. The Balaban J connectivity index is 2.14. The Morgan fingerprint density at radius 3 is 2.94 bits per heavy atom. The molecule has 1 aliphatic heterocycles. The Morgan fingerprint density at radius 2 is 2.22 bits per heavy atom. The Bertz CT molecular complexity index is 437. The molecule has 0 saturated carbocycles. The molecular weight excluding hydrogens is 248 g/mol. The summed E-state index contributed by atoms with van der Waals surface area (Å²) in [5, 5.41) is 6.16. The maximum absolute atomic E-state index is 11.8. The Hall–Kier alpha value is -1.36. The van der Waals surface area contributed by atoms with E-state index in [0.717, 1.165) is 29.3 Å². The minimum absolute atomic E-state index is 0.0269. The first kappa shape index (κ1) is 13.1. The second kappa shape index (κ2) is 6.00. The van der Waals surface area contributed by atoms with Crippen molar-refractivity contribution in [1.82, 2.24) is 0 Å². The van der Waals surface area contributed by atoms with E-state index < -0.39 is 0 Å². The first-order chi connectivity index (χ1) is 8.74. The molecule has 2 N–H and O–H groups in total. The van der Waals surface area contributed by atoms with Gasteiger partial charge in [-0.3, -0.25) is 4.79 Å². The lowest BCUT2D eigenvalue weighted by Crippen LogP contribution is -2.40. The molecule has 1 aromatic rings. The van der Waals surface area contributed by atoms with Crippen molar-refractivity contribution in [3.8, 4) is 5.75 Å². The van der Waals surface area contributed by atoms with Gasteiger partial charge in [0.15, 0.2) is 0 Å². The highest BCUT2D eigenvalue weighted by Gasteiger charge is 2.24. The zero-order valence-electron chi connectivity index (χ0n) is 10.7. The maximum Gasteiger partial charge on any atom is 0.247 e. The normalized spacial score (nSPS) is 17.7. The highest BCUT2D eigenvalue weighted by Crippen LogP contribution is 2.31. The standard InChI is InChI=1S/C13H18N2O2S/c1-3-6-17-9-4-5-10-11(7-9)14-12(8-18-2)13(16)15-10/h4-5,7,12,14H,3,6,8H2,1-2H3,(H,15,16)/t12-/m1/s1. The van der Waals surface area contributed by atoms with Crippen LogP contribution in [0.1, 0.15) is 13.3 Å². The number of anilines is 2. The van der Waals surface area contributed by atoms with Crippen LogP contribution in [0.4, 0.5) is 11.4 Å². The van der Waals surface area contributed by atoms with Gasteiger partial charge in [0.25, 0.3) is 0 Å². The second-order valence-corrected chi connectivity index (χ2v) is 5.11. The molecule has 4 nitrogen and oxygen atoms in total. The summed E-state index contributed by atoms with van der Waals surface area (Å²) in [6, 6.07) is 5.53. The summed E-state index contributed by atoms with van der Waals surface area (Å²) in [6.45, 7) is 2.78. The average molecular weight is 266 g/mol. The molecule has 1 atom stereocenters. The molecule has 0 aliphatic carbocycles. The zero-order chi connectivity index (χ0) is 13.0. The van der Waals surface area contributed by atoms with Gasteiger partial charge in [-0.1, -0.05) is 6.92 Å². The van der Waals surface area contributed by atoms with Crippen molar-refractivity contribution in [2.45, 2.75) is 19.4 Å². The predicted molar refractivity (Wildman–Crippen MR) is 76.7 cm³/mol. The number of nitrogens with one attached hydrogen (secondary N) is 2. The lowest BCUT2D eigenvalue weighted by Gasteiger charge is -2.26. The van der Waals surface area contributed by atoms with Crippen molar-refractivity contribution in [2.75, 3.05) is 29.2 Å². The van der Waals surface area contributed by atoms with Crippen LogP contribution in [0.15, 0.2) is 18.2 Å². The average Bonchev–Trinajstić information content (AvgIpc) is 2.37. The summed E-state index contributed by atoms with van der Waals surface area (Å²) in [5.41, 5.74) is 1.75. The third-order valence-corrected chi connectivity index (χ3v) is 3.37. The van der Waals surface area contributed by atoms with E-state index >= 15 is 0 Å². The molecule has 18 heavy (non-hydrogen) atoms. The van der Waals surface area contributed by atoms with Gasteiger partial charge in [0, 0.05) is 11.8 Å². The third kappa shape index (κ3) is 2.90. The summed E-state index contributed by atoms with van der Waals surface area (Å²) in [6.07, 6.45) is 2.97. The van der Waals surface area contributed by atoms with Crippen molar-refractivity contribution >= 4 is 29.0 Å². The summed E-state index contributed by atoms with van der Waals surface area (Å²) >= 11 is 1.65. The molecule has 0 bridgehead atoms. The van der Waals surface area contributed by atoms with Crippen molar-refractivity contribution in [1.29, 1.82) is 0 Å². The molecular formula is C13H18N2O2S. The molecule has 1 amide bonds. The SMILES string of the molecule is CCCOc1ccc2c(c1)N[C@H](CSC)C(=O)N2. The number of amides is 1. The van der Waals surface area contributed by atoms with Gasteiger partial charge in [-0.05, 0) is 24.8 Å². The quantitative estimate of drug-likeness (QED) is 0.860. The number of fused-ring (bicyclic) bond motifs is 1. The molecule has 1 aliphatic rings. The highest BCUT2D eigenvalue weighted by molar-refractivity contribution is 7.98. The van der Waals surface area contributed by atoms with Gasteiger partial charge in [-0.25, -0.2) is 0 Å². The van der Waals surface area contributed by atoms with Gasteiger partial charge < -0.3 is 15.4 Å². The van der Waals surface area contributed by atoms with Crippen LogP contribution in [0.3, 0.4) is 0 Å². The lowest BCUT2D eigenvalue weighted by molar-refractivity contribution is -0.116. The van der Waals surface area contributed by atoms with Gasteiger partial charge in [0.2, 0.25) is 5.91 Å². The van der Waals surface area contributed by atoms with E-state index in [4.69, 9.17) is 4.74 Å². The van der Waals surface area contributed by atoms with Gasteiger partial charge in [0.05, 0.1) is 18.0 Å². The van der Waals surface area contributed by atoms with Crippen molar-refractivity contribution in [3.05, 3.63) is 18.2 Å². The van der Waals surface area contributed by atoms with Crippen molar-refractivity contribution in [3.63, 3.8) is 0 Å². The summed E-state index contributed by atoms with van der Waals surface area (Å²) in [7, 11) is 0. The Morgan fingerprint density at radius 1 is 1.39 bits per heavy atom. The predicted octanol–water partition coefficient (Wildman–Crippen LogP) is 2.57. The molecule has 0 saturated heterocycles. The van der Waals surface area contributed by atoms with Crippen LogP contribution >= 0.6 is 11.8 Å². The number of rotatable bonds is 5. The molecule has 1 aromatic carbocycles. The van der Waals surface area contributed by atoms with Crippen LogP contribution in [-0.4, -0.2) is 30.6 Å². The van der Waals surface area contributed by atoms with Gasteiger partial charge >= 0.3 is 0 Å². The van der Waals surface area contributed by atoms with E-state index in [1.54, 1.807) is 11.8 Å². The molecule has 5 heteroatoms. The van der Waals surface area contributed by atoms with Crippen molar-refractivity contribution < 1.29 is 9.53 Å². The van der Waals surface area contributed by atoms with E-state index in [9.17, 15) is 4.79 Å². The first-order valence-corrected chi connectivity index (χ1v) is 7.47. The van der Waals surface area contributed by atoms with E-state index in [0.29, 0.717) is 6.61 Å². The fraction of sp³-hybridized carbons (Fsp3) is 0.462. The molecule has 0 aromatic heterocycles. The van der Waals surface area contributed by atoms with Gasteiger partial charge in [-0.2, -0.15) is 11.8 Å². The van der Waals surface area contributed by atoms with Crippen LogP contribution in [-0.2, 0) is 4.79 Å². The minimum atomic E-state index is -0.172. The van der Waals surface area contributed by atoms with Crippen LogP contribution in [0.25, 0.3) is 0 Å².